The van der Waals surface area contributed by atoms with Crippen LogP contribution in [0.2, 0.25) is 0 Å². The number of hydrogen-bond acceptors (Lipinski definition) is 2. The van der Waals surface area contributed by atoms with E-state index < -0.39 is 0 Å². The Bertz CT molecular complexity index is 314. The maximum absolute atomic E-state index is 5.60. The average molecular weight is 160 g/mol. The summed E-state index contributed by atoms with van der Waals surface area (Å²) >= 11 is 0. The van der Waals surface area contributed by atoms with Crippen LogP contribution in [0.15, 0.2) is 29.8 Å². The van der Waals surface area contributed by atoms with Gasteiger partial charge < -0.3 is 5.73 Å². The molecule has 0 aromatic heterocycles. The fourth-order valence-electron chi connectivity index (χ4n) is 0.993. The van der Waals surface area contributed by atoms with Gasteiger partial charge in [0, 0.05) is 17.5 Å². The minimum Gasteiger partial charge on any atom is -0.399 e. The normalized spacial score (nSPS) is 10.4. The lowest BCUT2D eigenvalue weighted by Gasteiger charge is -2.00. The van der Waals surface area contributed by atoms with Crippen molar-refractivity contribution in [2.45, 2.75) is 6.92 Å². The largest absolute Gasteiger partial charge is 0.399 e. The SMILES string of the molecule is C=Cc1cc(N)ccc1/N=C\C. The summed E-state index contributed by atoms with van der Waals surface area (Å²) in [5.41, 5.74) is 8.21. The van der Waals surface area contributed by atoms with Gasteiger partial charge in [0.2, 0.25) is 0 Å². The molecule has 0 spiro atoms. The van der Waals surface area contributed by atoms with Crippen LogP contribution in [-0.2, 0) is 0 Å². The summed E-state index contributed by atoms with van der Waals surface area (Å²) in [6.45, 7) is 5.56. The van der Waals surface area contributed by atoms with Gasteiger partial charge in [-0.25, -0.2) is 0 Å². The molecule has 2 heteroatoms. The van der Waals surface area contributed by atoms with Crippen molar-refractivity contribution in [2.24, 2.45) is 4.99 Å². The third-order valence-corrected chi connectivity index (χ3v) is 1.54. The minimum absolute atomic E-state index is 0.736. The van der Waals surface area contributed by atoms with Gasteiger partial charge in [-0.1, -0.05) is 12.7 Å². The molecule has 0 saturated heterocycles. The van der Waals surface area contributed by atoms with E-state index in [4.69, 9.17) is 5.73 Å². The molecule has 1 aromatic carbocycles. The zero-order valence-electron chi connectivity index (χ0n) is 7.12. The Morgan fingerprint density at radius 1 is 1.50 bits per heavy atom. The molecule has 0 bridgehead atoms. The van der Waals surface area contributed by atoms with E-state index >= 15 is 0 Å². The molecule has 2 nitrogen and oxygen atoms in total. The highest BCUT2D eigenvalue weighted by molar-refractivity contribution is 5.71. The van der Waals surface area contributed by atoms with Gasteiger partial charge in [0.1, 0.15) is 0 Å². The molecule has 0 unspecified atom stereocenters. The zero-order chi connectivity index (χ0) is 8.97. The predicted molar refractivity (Wildman–Crippen MR) is 54.8 cm³/mol. The molecular formula is C10H12N2. The first-order valence-electron chi connectivity index (χ1n) is 3.78. The second-order valence-corrected chi connectivity index (χ2v) is 2.41. The summed E-state index contributed by atoms with van der Waals surface area (Å²) in [4.78, 5) is 4.17. The number of nitrogens with two attached hydrogens (primary N) is 1. The molecule has 1 rings (SSSR count). The van der Waals surface area contributed by atoms with Gasteiger partial charge in [-0.2, -0.15) is 0 Å². The summed E-state index contributed by atoms with van der Waals surface area (Å²) in [7, 11) is 0. The zero-order valence-corrected chi connectivity index (χ0v) is 7.12. The molecule has 0 aliphatic heterocycles. The van der Waals surface area contributed by atoms with Crippen molar-refractivity contribution in [3.05, 3.63) is 30.3 Å². The van der Waals surface area contributed by atoms with E-state index in [1.165, 1.54) is 0 Å². The van der Waals surface area contributed by atoms with Crippen molar-refractivity contribution >= 4 is 23.7 Å². The fourth-order valence-corrected chi connectivity index (χ4v) is 0.993. The summed E-state index contributed by atoms with van der Waals surface area (Å²) in [6, 6.07) is 5.57. The van der Waals surface area contributed by atoms with Gasteiger partial charge in [-0.3, -0.25) is 4.99 Å². The van der Waals surface area contributed by atoms with Crippen LogP contribution in [0.1, 0.15) is 12.5 Å². The van der Waals surface area contributed by atoms with Crippen LogP contribution in [0, 0.1) is 0 Å². The Balaban J connectivity index is 3.19. The van der Waals surface area contributed by atoms with Crippen molar-refractivity contribution in [3.8, 4) is 0 Å². The van der Waals surface area contributed by atoms with Crippen LogP contribution in [0.3, 0.4) is 0 Å². The van der Waals surface area contributed by atoms with E-state index in [1.807, 2.05) is 25.1 Å². The van der Waals surface area contributed by atoms with Crippen molar-refractivity contribution < 1.29 is 0 Å². The van der Waals surface area contributed by atoms with Gasteiger partial charge in [0.15, 0.2) is 0 Å². The highest BCUT2D eigenvalue weighted by Gasteiger charge is 1.95. The Morgan fingerprint density at radius 3 is 2.83 bits per heavy atom. The van der Waals surface area contributed by atoms with Crippen LogP contribution < -0.4 is 5.73 Å². The minimum atomic E-state index is 0.736. The van der Waals surface area contributed by atoms with Gasteiger partial charge in [-0.15, -0.1) is 0 Å². The summed E-state index contributed by atoms with van der Waals surface area (Å²) < 4.78 is 0. The monoisotopic (exact) mass is 160 g/mol. The molecule has 0 fully saturated rings. The molecule has 0 saturated carbocycles. The molecule has 62 valence electrons. The summed E-state index contributed by atoms with van der Waals surface area (Å²) in [5.74, 6) is 0. The number of nitrogen functional groups attached to an aromatic ring is 1. The van der Waals surface area contributed by atoms with Crippen LogP contribution in [0.5, 0.6) is 0 Å². The smallest absolute Gasteiger partial charge is 0.0699 e. The highest BCUT2D eigenvalue weighted by atomic mass is 14.7. The van der Waals surface area contributed by atoms with Crippen LogP contribution in [0.25, 0.3) is 6.08 Å². The van der Waals surface area contributed by atoms with E-state index in [1.54, 1.807) is 12.3 Å². The van der Waals surface area contributed by atoms with Crippen molar-refractivity contribution in [3.63, 3.8) is 0 Å². The first kappa shape index (κ1) is 8.53. The van der Waals surface area contributed by atoms with Crippen molar-refractivity contribution in [1.29, 1.82) is 0 Å². The topological polar surface area (TPSA) is 38.4 Å². The van der Waals surface area contributed by atoms with Gasteiger partial charge in [0.25, 0.3) is 0 Å². The highest BCUT2D eigenvalue weighted by Crippen LogP contribution is 2.22. The van der Waals surface area contributed by atoms with Gasteiger partial charge in [-0.05, 0) is 25.1 Å². The first-order chi connectivity index (χ1) is 5.77. The lowest BCUT2D eigenvalue weighted by atomic mass is 10.1. The summed E-state index contributed by atoms with van der Waals surface area (Å²) in [5, 5.41) is 0. The van der Waals surface area contributed by atoms with Gasteiger partial charge in [0.05, 0.1) is 5.69 Å². The molecule has 0 atom stereocenters. The Kier molecular flexibility index (Phi) is 2.64. The van der Waals surface area contributed by atoms with E-state index in [0.29, 0.717) is 0 Å². The third-order valence-electron chi connectivity index (χ3n) is 1.54. The average Bonchev–Trinajstić information content (AvgIpc) is 2.08. The number of benzene rings is 1. The molecule has 0 aliphatic rings. The lowest BCUT2D eigenvalue weighted by Crippen LogP contribution is -1.84. The van der Waals surface area contributed by atoms with E-state index in [2.05, 4.69) is 11.6 Å². The van der Waals surface area contributed by atoms with Crippen LogP contribution in [0.4, 0.5) is 11.4 Å². The summed E-state index contributed by atoms with van der Waals surface area (Å²) in [6.07, 6.45) is 3.50. The fraction of sp³-hybridized carbons (Fsp3) is 0.100. The Hall–Kier alpha value is -1.57. The number of anilines is 1. The molecule has 2 N–H and O–H groups in total. The Labute approximate surface area is 72.4 Å². The predicted octanol–water partition coefficient (Wildman–Crippen LogP) is 2.63. The second kappa shape index (κ2) is 3.72. The molecule has 0 radical (unpaired) electrons. The molecule has 12 heavy (non-hydrogen) atoms. The maximum Gasteiger partial charge on any atom is 0.0699 e. The van der Waals surface area contributed by atoms with Crippen molar-refractivity contribution in [2.75, 3.05) is 5.73 Å². The van der Waals surface area contributed by atoms with Crippen LogP contribution >= 0.6 is 0 Å². The number of rotatable bonds is 2. The van der Waals surface area contributed by atoms with Crippen molar-refractivity contribution in [1.82, 2.24) is 0 Å². The molecule has 0 amide bonds. The first-order valence-corrected chi connectivity index (χ1v) is 3.78. The molecule has 0 aliphatic carbocycles. The molecular weight excluding hydrogens is 148 g/mol. The quantitative estimate of drug-likeness (QED) is 0.524. The van der Waals surface area contributed by atoms with Gasteiger partial charge >= 0.3 is 0 Å². The number of nitrogens with zero attached hydrogens (tertiary/aromatic N) is 1. The molecule has 1 aromatic rings. The standard InChI is InChI=1S/C10H12N2/c1-3-8-7-9(11)5-6-10(8)12-4-2/h3-7H,1,11H2,2H3/b12-4-. The molecule has 0 heterocycles. The Morgan fingerprint density at radius 2 is 2.25 bits per heavy atom. The number of hydrogen-bond donors (Lipinski definition) is 1. The number of aliphatic imine (C=N–C) groups is 1. The van der Waals surface area contributed by atoms with E-state index in [0.717, 1.165) is 16.9 Å². The maximum atomic E-state index is 5.60. The van der Waals surface area contributed by atoms with Crippen LogP contribution in [-0.4, -0.2) is 6.21 Å². The van der Waals surface area contributed by atoms with E-state index in [9.17, 15) is 0 Å². The third kappa shape index (κ3) is 1.72. The van der Waals surface area contributed by atoms with E-state index in [-0.39, 0.29) is 0 Å². The second-order valence-electron chi connectivity index (χ2n) is 2.41. The lowest BCUT2D eigenvalue weighted by molar-refractivity contribution is 1.50.